The molecular weight excluding hydrogens is 474 g/mol. The van der Waals surface area contributed by atoms with E-state index in [0.29, 0.717) is 17.9 Å². The normalized spacial score (nSPS) is 11.7. The van der Waals surface area contributed by atoms with E-state index in [1.165, 1.54) is 0 Å². The first-order chi connectivity index (χ1) is 18.6. The fourth-order valence-electron chi connectivity index (χ4n) is 4.74. The van der Waals surface area contributed by atoms with Gasteiger partial charge in [0.2, 0.25) is 11.8 Å². The number of aromatic amines is 1. The number of H-pyrrole nitrogens is 1. The van der Waals surface area contributed by atoms with Gasteiger partial charge in [-0.15, -0.1) is 0 Å². The predicted molar refractivity (Wildman–Crippen MR) is 150 cm³/mol. The van der Waals surface area contributed by atoms with E-state index < -0.39 is 12.0 Å². The van der Waals surface area contributed by atoms with Crippen LogP contribution < -0.4 is 15.4 Å². The Labute approximate surface area is 221 Å². The van der Waals surface area contributed by atoms with E-state index in [0.717, 1.165) is 27.6 Å². The van der Waals surface area contributed by atoms with Crippen LogP contribution in [0.5, 0.6) is 5.75 Å². The van der Waals surface area contributed by atoms with E-state index in [-0.39, 0.29) is 11.8 Å². The van der Waals surface area contributed by atoms with Crippen LogP contribution >= 0.6 is 0 Å². The van der Waals surface area contributed by atoms with Crippen molar-refractivity contribution in [2.24, 2.45) is 0 Å². The number of anilines is 1. The molecule has 2 amide bonds. The smallest absolute Gasteiger partial charge is 0.247 e. The van der Waals surface area contributed by atoms with Gasteiger partial charge in [-0.05, 0) is 34.9 Å². The van der Waals surface area contributed by atoms with E-state index in [2.05, 4.69) is 15.6 Å². The summed E-state index contributed by atoms with van der Waals surface area (Å²) in [6.45, 7) is 0. The minimum atomic E-state index is -0.832. The fraction of sp³-hybridized carbons (Fsp3) is 0.125. The largest absolute Gasteiger partial charge is 0.495 e. The molecule has 1 aromatic heterocycles. The van der Waals surface area contributed by atoms with Crippen LogP contribution in [0.2, 0.25) is 0 Å². The highest BCUT2D eigenvalue weighted by molar-refractivity contribution is 6.00. The van der Waals surface area contributed by atoms with E-state index in [1.54, 1.807) is 19.2 Å². The fourth-order valence-corrected chi connectivity index (χ4v) is 4.74. The van der Waals surface area contributed by atoms with Gasteiger partial charge in [0.15, 0.2) is 0 Å². The minimum absolute atomic E-state index is 0.248. The molecule has 1 atom stereocenters. The lowest BCUT2D eigenvalue weighted by atomic mass is 9.90. The molecule has 0 fully saturated rings. The lowest BCUT2D eigenvalue weighted by molar-refractivity contribution is -0.126. The number of hydrogen-bond donors (Lipinski definition) is 3. The van der Waals surface area contributed by atoms with Crippen molar-refractivity contribution < 1.29 is 14.3 Å². The Morgan fingerprint density at radius 3 is 2.05 bits per heavy atom. The average molecular weight is 504 g/mol. The molecular formula is C32H29N3O3. The molecule has 4 aromatic carbocycles. The number of amides is 2. The highest BCUT2D eigenvalue weighted by Gasteiger charge is 2.29. The second kappa shape index (κ2) is 11.5. The lowest BCUT2D eigenvalue weighted by Gasteiger charge is -2.23. The number of methoxy groups -OCH3 is 1. The maximum absolute atomic E-state index is 13.9. The molecule has 0 aliphatic carbocycles. The standard InChI is InChI=1S/C32H29N3O3/c1-38-29-19-11-10-18-27(29)34-31(36)28(20-24-21-33-26-17-9-8-16-25(24)26)35-32(37)30(22-12-4-2-5-13-22)23-14-6-3-7-15-23/h2-19,21,28,30,33H,20H2,1H3,(H,34,36)(H,35,37)/t28-/m1/s1. The van der Waals surface area contributed by atoms with Gasteiger partial charge in [0.05, 0.1) is 18.7 Å². The van der Waals surface area contributed by atoms with Gasteiger partial charge in [0.25, 0.3) is 0 Å². The molecule has 0 aliphatic heterocycles. The summed E-state index contributed by atoms with van der Waals surface area (Å²) in [5, 5.41) is 7.04. The third-order valence-corrected chi connectivity index (χ3v) is 6.62. The van der Waals surface area contributed by atoms with Gasteiger partial charge in [-0.3, -0.25) is 9.59 Å². The van der Waals surface area contributed by atoms with Crippen molar-refractivity contribution in [3.05, 3.63) is 132 Å². The summed E-state index contributed by atoms with van der Waals surface area (Å²) < 4.78 is 5.42. The molecule has 6 heteroatoms. The molecule has 6 nitrogen and oxygen atoms in total. The number of ether oxygens (including phenoxy) is 1. The molecule has 190 valence electrons. The molecule has 5 rings (SSSR count). The first-order valence-electron chi connectivity index (χ1n) is 12.5. The first kappa shape index (κ1) is 24.8. The van der Waals surface area contributed by atoms with Gasteiger partial charge in [-0.1, -0.05) is 91.0 Å². The molecule has 38 heavy (non-hydrogen) atoms. The van der Waals surface area contributed by atoms with Crippen LogP contribution in [0.25, 0.3) is 10.9 Å². The Morgan fingerprint density at radius 2 is 1.37 bits per heavy atom. The van der Waals surface area contributed by atoms with Crippen molar-refractivity contribution in [3.8, 4) is 5.75 Å². The predicted octanol–water partition coefficient (Wildman–Crippen LogP) is 5.67. The summed E-state index contributed by atoms with van der Waals surface area (Å²) in [4.78, 5) is 30.8. The Morgan fingerprint density at radius 1 is 0.763 bits per heavy atom. The quantitative estimate of drug-likeness (QED) is 0.242. The molecule has 0 bridgehead atoms. The van der Waals surface area contributed by atoms with Crippen LogP contribution in [-0.2, 0) is 16.0 Å². The zero-order valence-corrected chi connectivity index (χ0v) is 21.1. The summed E-state index contributed by atoms with van der Waals surface area (Å²) in [6, 6.07) is 33.5. The van der Waals surface area contributed by atoms with Crippen molar-refractivity contribution in [1.29, 1.82) is 0 Å². The molecule has 5 aromatic rings. The zero-order valence-electron chi connectivity index (χ0n) is 21.1. The van der Waals surface area contributed by atoms with Crippen molar-refractivity contribution >= 4 is 28.4 Å². The highest BCUT2D eigenvalue weighted by Crippen LogP contribution is 2.27. The second-order valence-corrected chi connectivity index (χ2v) is 9.07. The minimum Gasteiger partial charge on any atom is -0.495 e. The van der Waals surface area contributed by atoms with Crippen LogP contribution in [0, 0.1) is 0 Å². The Bertz CT molecular complexity index is 1490. The van der Waals surface area contributed by atoms with Gasteiger partial charge in [0, 0.05) is 23.5 Å². The number of fused-ring (bicyclic) bond motifs is 1. The van der Waals surface area contributed by atoms with E-state index in [9.17, 15) is 9.59 Å². The van der Waals surface area contributed by atoms with Gasteiger partial charge in [0.1, 0.15) is 11.8 Å². The summed E-state index contributed by atoms with van der Waals surface area (Å²) in [7, 11) is 1.56. The van der Waals surface area contributed by atoms with Crippen LogP contribution in [-0.4, -0.2) is 29.9 Å². The number of carbonyl (C=O) groups is 2. The molecule has 0 spiro atoms. The summed E-state index contributed by atoms with van der Waals surface area (Å²) in [6.07, 6.45) is 2.21. The molecule has 1 heterocycles. The monoisotopic (exact) mass is 503 g/mol. The van der Waals surface area contributed by atoms with Gasteiger partial charge in [-0.25, -0.2) is 0 Å². The molecule has 0 saturated heterocycles. The molecule has 0 unspecified atom stereocenters. The highest BCUT2D eigenvalue weighted by atomic mass is 16.5. The molecule has 3 N–H and O–H groups in total. The number of aromatic nitrogens is 1. The third-order valence-electron chi connectivity index (χ3n) is 6.62. The van der Waals surface area contributed by atoms with Crippen molar-refractivity contribution in [1.82, 2.24) is 10.3 Å². The summed E-state index contributed by atoms with van der Waals surface area (Å²) >= 11 is 0. The van der Waals surface area contributed by atoms with E-state index in [1.807, 2.05) is 103 Å². The average Bonchev–Trinajstić information content (AvgIpc) is 3.37. The number of benzene rings is 4. The zero-order chi connectivity index (χ0) is 26.3. The van der Waals surface area contributed by atoms with Crippen LogP contribution in [0.1, 0.15) is 22.6 Å². The summed E-state index contributed by atoms with van der Waals surface area (Å²) in [5.74, 6) is -0.596. The first-order valence-corrected chi connectivity index (χ1v) is 12.5. The Kier molecular flexibility index (Phi) is 7.50. The van der Waals surface area contributed by atoms with E-state index >= 15 is 0 Å². The SMILES string of the molecule is COc1ccccc1NC(=O)[C@@H](Cc1c[nH]c2ccccc12)NC(=O)C(c1ccccc1)c1ccccc1. The maximum atomic E-state index is 13.9. The Balaban J connectivity index is 1.48. The summed E-state index contributed by atoms with van der Waals surface area (Å²) in [5.41, 5.74) is 4.17. The van der Waals surface area contributed by atoms with Crippen molar-refractivity contribution in [3.63, 3.8) is 0 Å². The second-order valence-electron chi connectivity index (χ2n) is 9.07. The third kappa shape index (κ3) is 5.44. The van der Waals surface area contributed by atoms with Crippen molar-refractivity contribution in [2.75, 3.05) is 12.4 Å². The van der Waals surface area contributed by atoms with Crippen LogP contribution in [0.15, 0.2) is 115 Å². The maximum Gasteiger partial charge on any atom is 0.247 e. The van der Waals surface area contributed by atoms with Gasteiger partial charge >= 0.3 is 0 Å². The number of hydrogen-bond acceptors (Lipinski definition) is 3. The van der Waals surface area contributed by atoms with Crippen molar-refractivity contribution in [2.45, 2.75) is 18.4 Å². The topological polar surface area (TPSA) is 83.2 Å². The molecule has 0 aliphatic rings. The number of carbonyl (C=O) groups excluding carboxylic acids is 2. The molecule has 0 saturated carbocycles. The van der Waals surface area contributed by atoms with Gasteiger partial charge < -0.3 is 20.4 Å². The van der Waals surface area contributed by atoms with Crippen LogP contribution in [0.4, 0.5) is 5.69 Å². The van der Waals surface area contributed by atoms with Crippen LogP contribution in [0.3, 0.4) is 0 Å². The Hall–Kier alpha value is -4.84. The lowest BCUT2D eigenvalue weighted by Crippen LogP contribution is -2.47. The van der Waals surface area contributed by atoms with Gasteiger partial charge in [-0.2, -0.15) is 0 Å². The number of nitrogens with one attached hydrogen (secondary N) is 3. The number of rotatable bonds is 9. The van der Waals surface area contributed by atoms with E-state index in [4.69, 9.17) is 4.74 Å². The number of para-hydroxylation sites is 3. The molecule has 0 radical (unpaired) electrons.